The van der Waals surface area contributed by atoms with Crippen LogP contribution in [0.4, 0.5) is 4.79 Å². The number of amides is 1. The first-order valence-electron chi connectivity index (χ1n) is 9.55. The van der Waals surface area contributed by atoms with Gasteiger partial charge in [-0.1, -0.05) is 65.8 Å². The van der Waals surface area contributed by atoms with Gasteiger partial charge < -0.3 is 9.64 Å². The van der Waals surface area contributed by atoms with Crippen molar-refractivity contribution in [3.63, 3.8) is 0 Å². The summed E-state index contributed by atoms with van der Waals surface area (Å²) in [5.74, 6) is 0. The molecule has 0 bridgehead atoms. The van der Waals surface area contributed by atoms with Crippen LogP contribution in [0.1, 0.15) is 44.7 Å². The third-order valence-electron chi connectivity index (χ3n) is 4.99. The van der Waals surface area contributed by atoms with Gasteiger partial charge in [-0.25, -0.2) is 4.79 Å². The summed E-state index contributed by atoms with van der Waals surface area (Å²) in [7, 11) is 0. The zero-order chi connectivity index (χ0) is 20.2. The third-order valence-corrected chi connectivity index (χ3v) is 4.99. The van der Waals surface area contributed by atoms with Crippen LogP contribution in [0.15, 0.2) is 65.8 Å². The number of carbonyl (C=O) groups excluding carboxylic acids is 1. The average molecular weight is 378 g/mol. The minimum atomic E-state index is -1.02. The van der Waals surface area contributed by atoms with Crippen molar-refractivity contribution in [1.29, 1.82) is 0 Å². The second-order valence-electron chi connectivity index (χ2n) is 8.02. The van der Waals surface area contributed by atoms with Gasteiger partial charge in [-0.2, -0.15) is 0 Å². The molecule has 2 aromatic rings. The maximum absolute atomic E-state index is 13.0. The Balaban J connectivity index is 2.16. The Morgan fingerprint density at radius 3 is 2.07 bits per heavy atom. The lowest BCUT2D eigenvalue weighted by Gasteiger charge is -2.41. The van der Waals surface area contributed by atoms with Crippen LogP contribution in [0.3, 0.4) is 0 Å². The van der Waals surface area contributed by atoms with E-state index in [2.05, 4.69) is 10.0 Å². The first-order valence-corrected chi connectivity index (χ1v) is 9.55. The Bertz CT molecular complexity index is 816. The molecule has 6 nitrogen and oxygen atoms in total. The molecule has 0 aromatic heterocycles. The summed E-state index contributed by atoms with van der Waals surface area (Å²) < 4.78 is 5.65. The average Bonchev–Trinajstić information content (AvgIpc) is 3.16. The minimum Gasteiger partial charge on any atom is -0.444 e. The molecule has 1 aliphatic rings. The molecule has 1 fully saturated rings. The van der Waals surface area contributed by atoms with E-state index in [1.807, 2.05) is 81.4 Å². The number of hydrogen-bond donors (Lipinski definition) is 0. The van der Waals surface area contributed by atoms with Crippen LogP contribution >= 0.6 is 0 Å². The predicted molar refractivity (Wildman–Crippen MR) is 109 cm³/mol. The van der Waals surface area contributed by atoms with Gasteiger partial charge in [0, 0.05) is 11.5 Å². The Morgan fingerprint density at radius 2 is 1.61 bits per heavy atom. The van der Waals surface area contributed by atoms with Crippen molar-refractivity contribution >= 4 is 6.09 Å². The molecular weight excluding hydrogens is 352 g/mol. The van der Waals surface area contributed by atoms with Crippen molar-refractivity contribution < 1.29 is 9.53 Å². The molecule has 1 aliphatic heterocycles. The highest BCUT2D eigenvalue weighted by atomic mass is 16.6. The van der Waals surface area contributed by atoms with Crippen LogP contribution in [0.25, 0.3) is 10.4 Å². The summed E-state index contributed by atoms with van der Waals surface area (Å²) in [5, 5.41) is 4.34. The second kappa shape index (κ2) is 7.95. The molecule has 2 aromatic carbocycles. The van der Waals surface area contributed by atoms with Gasteiger partial charge in [-0.3, -0.25) is 0 Å². The van der Waals surface area contributed by atoms with E-state index < -0.39 is 11.1 Å². The maximum atomic E-state index is 13.0. The fraction of sp³-hybridized carbons (Fsp3) is 0.409. The standard InChI is InChI=1S/C22H26N4O2/c1-21(2,3)28-20(27)26-16-10-15-19(26)22(24-25-23,17-11-6-4-7-12-17)18-13-8-5-9-14-18/h4-9,11-14,19H,10,15-16H2,1-3H3/t19-/m0/s1. The summed E-state index contributed by atoms with van der Waals surface area (Å²) >= 11 is 0. The molecule has 0 N–H and O–H groups in total. The number of likely N-dealkylation sites (tertiary alicyclic amines) is 1. The quantitative estimate of drug-likeness (QED) is 0.392. The van der Waals surface area contributed by atoms with Crippen LogP contribution in [0, 0.1) is 0 Å². The van der Waals surface area contributed by atoms with Crippen molar-refractivity contribution in [1.82, 2.24) is 4.90 Å². The summed E-state index contributed by atoms with van der Waals surface area (Å²) in [5.41, 5.74) is 9.63. The topological polar surface area (TPSA) is 78.3 Å². The number of nitrogens with zero attached hydrogens (tertiary/aromatic N) is 4. The van der Waals surface area contributed by atoms with Gasteiger partial charge in [-0.05, 0) is 50.3 Å². The molecule has 28 heavy (non-hydrogen) atoms. The van der Waals surface area contributed by atoms with Gasteiger partial charge in [-0.15, -0.1) is 0 Å². The van der Waals surface area contributed by atoms with E-state index in [1.54, 1.807) is 4.90 Å². The van der Waals surface area contributed by atoms with Crippen LogP contribution in [0.5, 0.6) is 0 Å². The highest BCUT2D eigenvalue weighted by Gasteiger charge is 2.48. The number of ether oxygens (including phenoxy) is 1. The fourth-order valence-corrected chi connectivity index (χ4v) is 3.93. The molecular formula is C22H26N4O2. The van der Waals surface area contributed by atoms with E-state index >= 15 is 0 Å². The van der Waals surface area contributed by atoms with Crippen molar-refractivity contribution in [2.45, 2.75) is 50.8 Å². The van der Waals surface area contributed by atoms with E-state index in [-0.39, 0.29) is 12.1 Å². The lowest BCUT2D eigenvalue weighted by atomic mass is 9.76. The van der Waals surface area contributed by atoms with Crippen molar-refractivity contribution in [3.05, 3.63) is 82.2 Å². The Morgan fingerprint density at radius 1 is 1.07 bits per heavy atom. The molecule has 0 aliphatic carbocycles. The summed E-state index contributed by atoms with van der Waals surface area (Å²) in [6.45, 7) is 6.13. The molecule has 146 valence electrons. The minimum absolute atomic E-state index is 0.331. The number of azide groups is 1. The first kappa shape index (κ1) is 19.8. The fourth-order valence-electron chi connectivity index (χ4n) is 3.93. The van der Waals surface area contributed by atoms with Gasteiger partial charge in [0.2, 0.25) is 0 Å². The molecule has 1 amide bonds. The van der Waals surface area contributed by atoms with Crippen molar-refractivity contribution in [3.8, 4) is 0 Å². The lowest BCUT2D eigenvalue weighted by Crippen LogP contribution is -2.50. The summed E-state index contributed by atoms with van der Waals surface area (Å²) in [6.07, 6.45) is 1.17. The normalized spacial score (nSPS) is 17.1. The first-order chi connectivity index (χ1) is 13.4. The van der Waals surface area contributed by atoms with Gasteiger partial charge in [0.25, 0.3) is 0 Å². The van der Waals surface area contributed by atoms with Crippen LogP contribution in [-0.2, 0) is 10.3 Å². The lowest BCUT2D eigenvalue weighted by molar-refractivity contribution is 0.0173. The molecule has 0 saturated carbocycles. The monoisotopic (exact) mass is 378 g/mol. The molecule has 3 rings (SSSR count). The molecule has 1 atom stereocenters. The molecule has 6 heteroatoms. The third kappa shape index (κ3) is 3.82. The largest absolute Gasteiger partial charge is 0.444 e. The second-order valence-corrected chi connectivity index (χ2v) is 8.02. The van der Waals surface area contributed by atoms with Crippen LogP contribution < -0.4 is 0 Å². The van der Waals surface area contributed by atoms with Crippen LogP contribution in [-0.4, -0.2) is 29.2 Å². The van der Waals surface area contributed by atoms with E-state index in [1.165, 1.54) is 0 Å². The van der Waals surface area contributed by atoms with Gasteiger partial charge in [0.1, 0.15) is 11.1 Å². The molecule has 0 radical (unpaired) electrons. The highest BCUT2D eigenvalue weighted by molar-refractivity contribution is 5.69. The number of benzene rings is 2. The van der Waals surface area contributed by atoms with E-state index in [0.717, 1.165) is 24.0 Å². The van der Waals surface area contributed by atoms with Crippen molar-refractivity contribution in [2.24, 2.45) is 5.11 Å². The zero-order valence-corrected chi connectivity index (χ0v) is 16.6. The molecule has 1 saturated heterocycles. The van der Waals surface area contributed by atoms with Gasteiger partial charge >= 0.3 is 6.09 Å². The van der Waals surface area contributed by atoms with Crippen LogP contribution in [0.2, 0.25) is 0 Å². The smallest absolute Gasteiger partial charge is 0.410 e. The number of carbonyl (C=O) groups is 1. The zero-order valence-electron chi connectivity index (χ0n) is 16.6. The van der Waals surface area contributed by atoms with E-state index in [9.17, 15) is 10.3 Å². The molecule has 0 spiro atoms. The predicted octanol–water partition coefficient (Wildman–Crippen LogP) is 5.64. The van der Waals surface area contributed by atoms with Gasteiger partial charge in [0.05, 0.1) is 6.04 Å². The molecule has 0 unspecified atom stereocenters. The number of rotatable bonds is 4. The highest BCUT2D eigenvalue weighted by Crippen LogP contribution is 2.44. The Hall–Kier alpha value is -2.98. The number of hydrogen-bond acceptors (Lipinski definition) is 3. The Kier molecular flexibility index (Phi) is 5.61. The Labute approximate surface area is 165 Å². The summed E-state index contributed by atoms with van der Waals surface area (Å²) in [6, 6.07) is 19.0. The SMILES string of the molecule is CC(C)(C)OC(=O)N1CCC[C@H]1C(N=[N+]=[N-])(c1ccccc1)c1ccccc1. The maximum Gasteiger partial charge on any atom is 0.410 e. The molecule has 1 heterocycles. The van der Waals surface area contributed by atoms with E-state index in [4.69, 9.17) is 4.74 Å². The van der Waals surface area contributed by atoms with Gasteiger partial charge in [0.15, 0.2) is 0 Å². The van der Waals surface area contributed by atoms with E-state index in [0.29, 0.717) is 6.54 Å². The summed E-state index contributed by atoms with van der Waals surface area (Å²) in [4.78, 5) is 17.9. The van der Waals surface area contributed by atoms with Crippen molar-refractivity contribution in [2.75, 3.05) is 6.54 Å².